The van der Waals surface area contributed by atoms with Crippen molar-refractivity contribution in [3.63, 3.8) is 0 Å². The van der Waals surface area contributed by atoms with Crippen molar-refractivity contribution in [2.24, 2.45) is 0 Å². The molecular formula is C14H11BrF2N2O. The summed E-state index contributed by atoms with van der Waals surface area (Å²) >= 11 is 2.86. The molecule has 0 saturated carbocycles. The normalized spacial score (nSPS) is 10.4. The summed E-state index contributed by atoms with van der Waals surface area (Å²) in [7, 11) is 0. The zero-order valence-electron chi connectivity index (χ0n) is 10.5. The third-order valence-electron chi connectivity index (χ3n) is 2.71. The topological polar surface area (TPSA) is 55.1 Å². The first-order valence-electron chi connectivity index (χ1n) is 5.70. The summed E-state index contributed by atoms with van der Waals surface area (Å²) in [6.45, 7) is 1.80. The Kier molecular flexibility index (Phi) is 4.04. The van der Waals surface area contributed by atoms with Crippen molar-refractivity contribution in [3.05, 3.63) is 57.6 Å². The van der Waals surface area contributed by atoms with Gasteiger partial charge in [-0.3, -0.25) is 4.79 Å². The molecule has 104 valence electrons. The fraction of sp³-hybridized carbons (Fsp3) is 0.0714. The average Bonchev–Trinajstić information content (AvgIpc) is 2.38. The molecule has 2 rings (SSSR count). The first-order chi connectivity index (χ1) is 9.38. The number of carbonyl (C=O) groups is 1. The highest BCUT2D eigenvalue weighted by Crippen LogP contribution is 2.24. The molecule has 0 bridgehead atoms. The molecule has 0 spiro atoms. The van der Waals surface area contributed by atoms with E-state index in [-0.39, 0.29) is 21.4 Å². The minimum Gasteiger partial charge on any atom is -0.398 e. The first-order valence-corrected chi connectivity index (χ1v) is 6.50. The van der Waals surface area contributed by atoms with Crippen LogP contribution in [0.3, 0.4) is 0 Å². The number of nitrogen functional groups attached to an aromatic ring is 1. The van der Waals surface area contributed by atoms with Crippen LogP contribution in [-0.2, 0) is 0 Å². The van der Waals surface area contributed by atoms with Crippen LogP contribution in [0, 0.1) is 18.6 Å². The van der Waals surface area contributed by atoms with Crippen LogP contribution in [0.25, 0.3) is 0 Å². The van der Waals surface area contributed by atoms with Crippen LogP contribution in [0.5, 0.6) is 0 Å². The summed E-state index contributed by atoms with van der Waals surface area (Å²) in [4.78, 5) is 12.0. The van der Waals surface area contributed by atoms with E-state index in [0.717, 1.165) is 17.7 Å². The van der Waals surface area contributed by atoms with Crippen molar-refractivity contribution in [2.45, 2.75) is 6.92 Å². The quantitative estimate of drug-likeness (QED) is 0.644. The van der Waals surface area contributed by atoms with Crippen LogP contribution in [0.1, 0.15) is 15.9 Å². The highest BCUT2D eigenvalue weighted by Gasteiger charge is 2.14. The van der Waals surface area contributed by atoms with E-state index in [2.05, 4.69) is 21.2 Å². The smallest absolute Gasteiger partial charge is 0.257 e. The standard InChI is InChI=1S/C14H11BrF2N2O/c1-7-2-3-12(18)8(4-7)14(20)19-13-6-10(16)9(15)5-11(13)17/h2-6H,18H2,1H3,(H,19,20). The minimum absolute atomic E-state index is 0.0110. The zero-order valence-corrected chi connectivity index (χ0v) is 12.1. The molecule has 0 aliphatic rings. The third-order valence-corrected chi connectivity index (χ3v) is 3.32. The molecule has 0 aromatic heterocycles. The second-order valence-corrected chi connectivity index (χ2v) is 5.15. The summed E-state index contributed by atoms with van der Waals surface area (Å²) in [5.41, 5.74) is 6.79. The van der Waals surface area contributed by atoms with Crippen molar-refractivity contribution in [3.8, 4) is 0 Å². The summed E-state index contributed by atoms with van der Waals surface area (Å²) in [6, 6.07) is 6.78. The molecule has 0 radical (unpaired) electrons. The van der Waals surface area contributed by atoms with E-state index >= 15 is 0 Å². The van der Waals surface area contributed by atoms with Crippen LogP contribution in [0.2, 0.25) is 0 Å². The van der Waals surface area contributed by atoms with E-state index in [4.69, 9.17) is 5.73 Å². The molecule has 0 fully saturated rings. The van der Waals surface area contributed by atoms with Crippen LogP contribution in [-0.4, -0.2) is 5.91 Å². The molecular weight excluding hydrogens is 330 g/mol. The summed E-state index contributed by atoms with van der Waals surface area (Å²) < 4.78 is 27.0. The Labute approximate surface area is 122 Å². The van der Waals surface area contributed by atoms with Crippen molar-refractivity contribution in [1.82, 2.24) is 0 Å². The van der Waals surface area contributed by atoms with Gasteiger partial charge in [-0.25, -0.2) is 8.78 Å². The average molecular weight is 341 g/mol. The molecule has 0 saturated heterocycles. The number of amides is 1. The number of halogens is 3. The fourth-order valence-electron chi connectivity index (χ4n) is 1.67. The number of nitrogens with one attached hydrogen (secondary N) is 1. The maximum Gasteiger partial charge on any atom is 0.257 e. The van der Waals surface area contributed by atoms with Crippen molar-refractivity contribution in [1.29, 1.82) is 0 Å². The second kappa shape index (κ2) is 5.58. The Balaban J connectivity index is 2.32. The van der Waals surface area contributed by atoms with Gasteiger partial charge in [0.05, 0.1) is 15.7 Å². The predicted octanol–water partition coefficient (Wildman–Crippen LogP) is 3.87. The summed E-state index contributed by atoms with van der Waals surface area (Å²) in [5, 5.41) is 2.31. The SMILES string of the molecule is Cc1ccc(N)c(C(=O)Nc2cc(F)c(Br)cc2F)c1. The molecule has 3 N–H and O–H groups in total. The van der Waals surface area contributed by atoms with E-state index in [1.54, 1.807) is 25.1 Å². The lowest BCUT2D eigenvalue weighted by molar-refractivity contribution is 0.102. The third kappa shape index (κ3) is 2.96. The highest BCUT2D eigenvalue weighted by atomic mass is 79.9. The molecule has 3 nitrogen and oxygen atoms in total. The van der Waals surface area contributed by atoms with Crippen LogP contribution >= 0.6 is 15.9 Å². The number of benzene rings is 2. The molecule has 2 aromatic carbocycles. The van der Waals surface area contributed by atoms with E-state index in [0.29, 0.717) is 0 Å². The van der Waals surface area contributed by atoms with Gasteiger partial charge >= 0.3 is 0 Å². The van der Waals surface area contributed by atoms with Crippen molar-refractivity contribution < 1.29 is 13.6 Å². The van der Waals surface area contributed by atoms with Crippen molar-refractivity contribution in [2.75, 3.05) is 11.1 Å². The van der Waals surface area contributed by atoms with Gasteiger partial charge in [-0.15, -0.1) is 0 Å². The molecule has 0 aliphatic heterocycles. The van der Waals surface area contributed by atoms with Gasteiger partial charge in [0.2, 0.25) is 0 Å². The van der Waals surface area contributed by atoms with Crippen molar-refractivity contribution >= 4 is 33.2 Å². The Morgan fingerprint density at radius 3 is 2.60 bits per heavy atom. The van der Waals surface area contributed by atoms with Gasteiger partial charge in [-0.2, -0.15) is 0 Å². The van der Waals surface area contributed by atoms with Gasteiger partial charge < -0.3 is 11.1 Å². The van der Waals surface area contributed by atoms with Gasteiger partial charge in [-0.1, -0.05) is 11.6 Å². The minimum atomic E-state index is -0.738. The van der Waals surface area contributed by atoms with E-state index in [9.17, 15) is 13.6 Å². The van der Waals surface area contributed by atoms with Gasteiger partial charge in [-0.05, 0) is 41.1 Å². The summed E-state index contributed by atoms with van der Waals surface area (Å²) in [6.07, 6.45) is 0. The van der Waals surface area contributed by atoms with Gasteiger partial charge in [0.15, 0.2) is 0 Å². The Hall–Kier alpha value is -1.95. The predicted molar refractivity (Wildman–Crippen MR) is 77.6 cm³/mol. The lowest BCUT2D eigenvalue weighted by Crippen LogP contribution is -2.15. The molecule has 6 heteroatoms. The maximum absolute atomic E-state index is 13.6. The lowest BCUT2D eigenvalue weighted by Gasteiger charge is -2.10. The molecule has 20 heavy (non-hydrogen) atoms. The van der Waals surface area contributed by atoms with Crippen LogP contribution < -0.4 is 11.1 Å². The Morgan fingerprint density at radius 1 is 1.20 bits per heavy atom. The van der Waals surface area contributed by atoms with Gasteiger partial charge in [0.1, 0.15) is 11.6 Å². The van der Waals surface area contributed by atoms with Crippen LogP contribution in [0.4, 0.5) is 20.2 Å². The second-order valence-electron chi connectivity index (χ2n) is 4.29. The molecule has 0 atom stereocenters. The monoisotopic (exact) mass is 340 g/mol. The van der Waals surface area contributed by atoms with Gasteiger partial charge in [0, 0.05) is 11.8 Å². The Bertz CT molecular complexity index is 689. The van der Waals surface area contributed by atoms with E-state index in [1.165, 1.54) is 0 Å². The number of hydrogen-bond donors (Lipinski definition) is 2. The Morgan fingerprint density at radius 2 is 1.90 bits per heavy atom. The van der Waals surface area contributed by atoms with Gasteiger partial charge in [0.25, 0.3) is 5.91 Å². The number of nitrogens with two attached hydrogens (primary N) is 1. The molecule has 0 unspecified atom stereocenters. The van der Waals surface area contributed by atoms with Crippen LogP contribution in [0.15, 0.2) is 34.8 Å². The molecule has 0 heterocycles. The first kappa shape index (κ1) is 14.5. The molecule has 0 aliphatic carbocycles. The number of carbonyl (C=O) groups excluding carboxylic acids is 1. The maximum atomic E-state index is 13.6. The van der Waals surface area contributed by atoms with E-state index in [1.807, 2.05) is 0 Å². The number of hydrogen-bond acceptors (Lipinski definition) is 2. The fourth-order valence-corrected chi connectivity index (χ4v) is 1.99. The highest BCUT2D eigenvalue weighted by molar-refractivity contribution is 9.10. The molecule has 2 aromatic rings. The van der Waals surface area contributed by atoms with E-state index < -0.39 is 17.5 Å². The zero-order chi connectivity index (χ0) is 14.9. The largest absolute Gasteiger partial charge is 0.398 e. The lowest BCUT2D eigenvalue weighted by atomic mass is 10.1. The number of rotatable bonds is 2. The number of anilines is 2. The number of aryl methyl sites for hydroxylation is 1. The molecule has 1 amide bonds. The summed E-state index contributed by atoms with van der Waals surface area (Å²) in [5.74, 6) is -2.00.